The average Bonchev–Trinajstić information content (AvgIpc) is 3.46. The van der Waals surface area contributed by atoms with Crippen molar-refractivity contribution in [3.63, 3.8) is 0 Å². The van der Waals surface area contributed by atoms with Crippen LogP contribution in [-0.2, 0) is 28.6 Å². The molecule has 0 saturated heterocycles. The molecule has 1 unspecified atom stereocenters. The largest absolute Gasteiger partial charge is 0.462 e. The standard InChI is InChI=1S/C74H134O6/c1-4-7-10-13-16-19-22-24-26-28-30-32-33-34-35-36-37-38-39-40-41-43-44-46-48-50-52-55-58-61-64-67-73(76)79-70-71(69-78-72(75)66-63-60-57-54-21-18-15-12-9-6-3)80-74(77)68-65-62-59-56-53-51-49-47-45-42-31-29-27-25-23-20-17-14-11-8-5-2/h8,11-12,15,17,20,25,27,31,42,71H,4-7,9-10,13-14,16,18-19,21-24,26,28-30,32-41,43-70H2,1-3H3/b11-8-,15-12-,20-17-,27-25-,42-31-. The summed E-state index contributed by atoms with van der Waals surface area (Å²) in [5, 5.41) is 0. The van der Waals surface area contributed by atoms with Crippen molar-refractivity contribution in [1.29, 1.82) is 0 Å². The topological polar surface area (TPSA) is 78.9 Å². The third kappa shape index (κ3) is 65.9. The van der Waals surface area contributed by atoms with E-state index in [0.717, 1.165) is 103 Å². The summed E-state index contributed by atoms with van der Waals surface area (Å²) < 4.78 is 16.9. The maximum atomic E-state index is 12.9. The van der Waals surface area contributed by atoms with E-state index in [2.05, 4.69) is 81.5 Å². The van der Waals surface area contributed by atoms with Crippen LogP contribution in [0.5, 0.6) is 0 Å². The van der Waals surface area contributed by atoms with Gasteiger partial charge in [0.05, 0.1) is 0 Å². The lowest BCUT2D eigenvalue weighted by atomic mass is 10.0. The Morgan fingerprint density at radius 1 is 0.263 bits per heavy atom. The van der Waals surface area contributed by atoms with Gasteiger partial charge in [-0.3, -0.25) is 14.4 Å². The molecule has 0 aromatic rings. The molecule has 0 aliphatic carbocycles. The highest BCUT2D eigenvalue weighted by atomic mass is 16.6. The smallest absolute Gasteiger partial charge is 0.306 e. The second-order valence-electron chi connectivity index (χ2n) is 23.8. The van der Waals surface area contributed by atoms with Crippen LogP contribution >= 0.6 is 0 Å². The quantitative estimate of drug-likeness (QED) is 0.0261. The molecule has 0 saturated carbocycles. The average molecular weight is 1120 g/mol. The summed E-state index contributed by atoms with van der Waals surface area (Å²) >= 11 is 0. The molecule has 0 amide bonds. The van der Waals surface area contributed by atoms with Crippen LogP contribution in [0.4, 0.5) is 0 Å². The second-order valence-corrected chi connectivity index (χ2v) is 23.8. The number of unbranched alkanes of at least 4 members (excludes halogenated alkanes) is 44. The van der Waals surface area contributed by atoms with E-state index in [1.54, 1.807) is 0 Å². The highest BCUT2D eigenvalue weighted by Gasteiger charge is 2.19. The first-order chi connectivity index (χ1) is 39.5. The Bertz CT molecular complexity index is 1430. The summed E-state index contributed by atoms with van der Waals surface area (Å²) in [5.74, 6) is -0.877. The van der Waals surface area contributed by atoms with Crippen molar-refractivity contribution in [3.8, 4) is 0 Å². The monoisotopic (exact) mass is 1120 g/mol. The Hall–Kier alpha value is -2.89. The van der Waals surface area contributed by atoms with E-state index in [-0.39, 0.29) is 31.1 Å². The van der Waals surface area contributed by atoms with Crippen molar-refractivity contribution in [2.24, 2.45) is 0 Å². The number of hydrogen-bond acceptors (Lipinski definition) is 6. The van der Waals surface area contributed by atoms with Crippen LogP contribution < -0.4 is 0 Å². The summed E-state index contributed by atoms with van der Waals surface area (Å²) in [6.07, 6.45) is 88.5. The fourth-order valence-electron chi connectivity index (χ4n) is 10.5. The van der Waals surface area contributed by atoms with Crippen molar-refractivity contribution in [1.82, 2.24) is 0 Å². The molecule has 1 atom stereocenters. The molecular formula is C74H134O6. The molecule has 0 aliphatic heterocycles. The van der Waals surface area contributed by atoms with Gasteiger partial charge in [-0.15, -0.1) is 0 Å². The van der Waals surface area contributed by atoms with Gasteiger partial charge >= 0.3 is 17.9 Å². The molecule has 466 valence electrons. The molecular weight excluding hydrogens is 985 g/mol. The van der Waals surface area contributed by atoms with Gasteiger partial charge in [0.2, 0.25) is 0 Å². The molecule has 0 aromatic heterocycles. The first-order valence-corrected chi connectivity index (χ1v) is 35.3. The molecule has 6 heteroatoms. The van der Waals surface area contributed by atoms with Gasteiger partial charge in [0.25, 0.3) is 0 Å². The van der Waals surface area contributed by atoms with Crippen molar-refractivity contribution >= 4 is 17.9 Å². The molecule has 0 rings (SSSR count). The van der Waals surface area contributed by atoms with Gasteiger partial charge in [0, 0.05) is 19.3 Å². The Morgan fingerprint density at radius 3 is 0.825 bits per heavy atom. The van der Waals surface area contributed by atoms with Crippen molar-refractivity contribution in [3.05, 3.63) is 60.8 Å². The summed E-state index contributed by atoms with van der Waals surface area (Å²) in [4.78, 5) is 38.3. The Balaban J connectivity index is 4.11. The molecule has 0 aromatic carbocycles. The van der Waals surface area contributed by atoms with Crippen molar-refractivity contribution in [2.75, 3.05) is 13.2 Å². The number of ether oxygens (including phenoxy) is 3. The Kier molecular flexibility index (Phi) is 66.1. The Labute approximate surface area is 498 Å². The normalized spacial score (nSPS) is 12.4. The lowest BCUT2D eigenvalue weighted by molar-refractivity contribution is -0.167. The van der Waals surface area contributed by atoms with E-state index in [9.17, 15) is 14.4 Å². The number of rotatable bonds is 65. The summed E-state index contributed by atoms with van der Waals surface area (Å²) in [5.41, 5.74) is 0. The van der Waals surface area contributed by atoms with Gasteiger partial charge in [0.15, 0.2) is 6.10 Å². The highest BCUT2D eigenvalue weighted by molar-refractivity contribution is 5.71. The van der Waals surface area contributed by atoms with E-state index in [1.807, 2.05) is 0 Å². The molecule has 0 aliphatic rings. The lowest BCUT2D eigenvalue weighted by Crippen LogP contribution is -2.30. The third-order valence-corrected chi connectivity index (χ3v) is 15.7. The molecule has 0 bridgehead atoms. The molecule has 0 N–H and O–H groups in total. The summed E-state index contributed by atoms with van der Waals surface area (Å²) in [6.45, 7) is 6.51. The number of allylic oxidation sites excluding steroid dienone is 10. The second kappa shape index (κ2) is 68.6. The molecule has 6 nitrogen and oxygen atoms in total. The van der Waals surface area contributed by atoms with Gasteiger partial charge in [-0.25, -0.2) is 0 Å². The van der Waals surface area contributed by atoms with Crippen LogP contribution in [0.1, 0.15) is 374 Å². The Morgan fingerprint density at radius 2 is 0.512 bits per heavy atom. The van der Waals surface area contributed by atoms with E-state index >= 15 is 0 Å². The number of carbonyl (C=O) groups is 3. The van der Waals surface area contributed by atoms with Crippen LogP contribution in [0.15, 0.2) is 60.8 Å². The van der Waals surface area contributed by atoms with E-state index in [1.165, 1.54) is 231 Å². The highest BCUT2D eigenvalue weighted by Crippen LogP contribution is 2.19. The fourth-order valence-corrected chi connectivity index (χ4v) is 10.5. The molecule has 0 radical (unpaired) electrons. The van der Waals surface area contributed by atoms with Crippen LogP contribution in [0.2, 0.25) is 0 Å². The predicted octanol–water partition coefficient (Wildman–Crippen LogP) is 24.3. The zero-order chi connectivity index (χ0) is 57.8. The molecule has 0 spiro atoms. The lowest BCUT2D eigenvalue weighted by Gasteiger charge is -2.18. The summed E-state index contributed by atoms with van der Waals surface area (Å²) in [6, 6.07) is 0. The van der Waals surface area contributed by atoms with Gasteiger partial charge < -0.3 is 14.2 Å². The van der Waals surface area contributed by atoms with E-state index in [4.69, 9.17) is 14.2 Å². The zero-order valence-electron chi connectivity index (χ0n) is 53.6. The molecule has 0 heterocycles. The zero-order valence-corrected chi connectivity index (χ0v) is 53.6. The van der Waals surface area contributed by atoms with Crippen LogP contribution in [0.25, 0.3) is 0 Å². The number of hydrogen-bond donors (Lipinski definition) is 0. The first kappa shape index (κ1) is 77.1. The first-order valence-electron chi connectivity index (χ1n) is 35.3. The minimum absolute atomic E-state index is 0.0769. The van der Waals surface area contributed by atoms with Crippen LogP contribution in [-0.4, -0.2) is 37.2 Å². The minimum atomic E-state index is -0.781. The van der Waals surface area contributed by atoms with Crippen molar-refractivity contribution in [2.45, 2.75) is 380 Å². The van der Waals surface area contributed by atoms with Crippen LogP contribution in [0, 0.1) is 0 Å². The predicted molar refractivity (Wildman–Crippen MR) is 348 cm³/mol. The molecule has 80 heavy (non-hydrogen) atoms. The maximum Gasteiger partial charge on any atom is 0.306 e. The maximum absolute atomic E-state index is 12.9. The third-order valence-electron chi connectivity index (χ3n) is 15.7. The van der Waals surface area contributed by atoms with Gasteiger partial charge in [-0.1, -0.05) is 338 Å². The van der Waals surface area contributed by atoms with Gasteiger partial charge in [-0.05, 0) is 77.0 Å². The SMILES string of the molecule is CC/C=C\C/C=C\C/C=C\C/C=C\CCCCCCCCCCC(=O)OC(COC(=O)CCCCCCC/C=C\CCC)COC(=O)CCCCCCCCCCCCCCCCCCCCCCCCCCCCCCCCC. The summed E-state index contributed by atoms with van der Waals surface area (Å²) in [7, 11) is 0. The van der Waals surface area contributed by atoms with Gasteiger partial charge in [0.1, 0.15) is 13.2 Å². The van der Waals surface area contributed by atoms with E-state index < -0.39 is 6.10 Å². The van der Waals surface area contributed by atoms with E-state index in [0.29, 0.717) is 19.3 Å². The number of esters is 3. The number of carbonyl (C=O) groups excluding carboxylic acids is 3. The minimum Gasteiger partial charge on any atom is -0.462 e. The fraction of sp³-hybridized carbons (Fsp3) is 0.824. The van der Waals surface area contributed by atoms with Gasteiger partial charge in [-0.2, -0.15) is 0 Å². The molecule has 0 fully saturated rings. The van der Waals surface area contributed by atoms with Crippen molar-refractivity contribution < 1.29 is 28.6 Å². The van der Waals surface area contributed by atoms with Crippen LogP contribution in [0.3, 0.4) is 0 Å².